The highest BCUT2D eigenvalue weighted by Gasteiger charge is 2.09. The van der Waals surface area contributed by atoms with Crippen LogP contribution in [-0.4, -0.2) is 49.6 Å². The second-order valence-corrected chi connectivity index (χ2v) is 7.00. The smallest absolute Gasteiger partial charge is 0.337 e. The summed E-state index contributed by atoms with van der Waals surface area (Å²) in [6, 6.07) is 13.9. The Hall–Kier alpha value is -2.80. The van der Waals surface area contributed by atoms with Crippen LogP contribution < -0.4 is 5.32 Å². The third kappa shape index (κ3) is 6.14. The molecular weight excluding hydrogens is 364 g/mol. The van der Waals surface area contributed by atoms with Crippen LogP contribution in [0.25, 0.3) is 0 Å². The van der Waals surface area contributed by atoms with Gasteiger partial charge in [0, 0.05) is 31.1 Å². The average Bonchev–Trinajstić information content (AvgIpc) is 2.67. The first kappa shape index (κ1) is 20.5. The zero-order valence-electron chi connectivity index (χ0n) is 15.5. The maximum Gasteiger partial charge on any atom is 0.337 e. The Balaban J connectivity index is 1.83. The van der Waals surface area contributed by atoms with Crippen molar-refractivity contribution >= 4 is 35.2 Å². The highest BCUT2D eigenvalue weighted by atomic mass is 32.2. The predicted octanol–water partition coefficient (Wildman–Crippen LogP) is 3.05. The first-order valence-electron chi connectivity index (χ1n) is 8.27. The summed E-state index contributed by atoms with van der Waals surface area (Å²) in [6.45, 7) is 0. The van der Waals surface area contributed by atoms with E-state index in [-0.39, 0.29) is 23.5 Å². The SMILES string of the molecule is COC(=O)c1cccc(CSCC(=O)Nc2ccc(C(=O)N(C)C)cc2)c1. The van der Waals surface area contributed by atoms with Gasteiger partial charge in [-0.2, -0.15) is 0 Å². The van der Waals surface area contributed by atoms with E-state index in [4.69, 9.17) is 4.74 Å². The Morgan fingerprint density at radius 3 is 2.37 bits per heavy atom. The van der Waals surface area contributed by atoms with E-state index >= 15 is 0 Å². The molecule has 0 aliphatic heterocycles. The molecule has 0 atom stereocenters. The summed E-state index contributed by atoms with van der Waals surface area (Å²) in [5.74, 6) is 0.291. The van der Waals surface area contributed by atoms with Crippen molar-refractivity contribution in [1.29, 1.82) is 0 Å². The van der Waals surface area contributed by atoms with Crippen molar-refractivity contribution in [3.8, 4) is 0 Å². The topological polar surface area (TPSA) is 75.7 Å². The highest BCUT2D eigenvalue weighted by molar-refractivity contribution is 7.99. The highest BCUT2D eigenvalue weighted by Crippen LogP contribution is 2.16. The van der Waals surface area contributed by atoms with E-state index in [2.05, 4.69) is 5.32 Å². The molecular formula is C20H22N2O4S. The Morgan fingerprint density at radius 2 is 1.74 bits per heavy atom. The molecule has 0 aliphatic rings. The molecule has 0 saturated heterocycles. The lowest BCUT2D eigenvalue weighted by Gasteiger charge is -2.11. The number of esters is 1. The van der Waals surface area contributed by atoms with Gasteiger partial charge in [0.2, 0.25) is 5.91 Å². The third-order valence-electron chi connectivity index (χ3n) is 3.67. The Morgan fingerprint density at radius 1 is 1.04 bits per heavy atom. The maximum absolute atomic E-state index is 12.1. The van der Waals surface area contributed by atoms with E-state index < -0.39 is 0 Å². The molecule has 0 heterocycles. The van der Waals surface area contributed by atoms with Gasteiger partial charge in [0.05, 0.1) is 18.4 Å². The fourth-order valence-electron chi connectivity index (χ4n) is 2.32. The lowest BCUT2D eigenvalue weighted by atomic mass is 10.1. The predicted molar refractivity (Wildman–Crippen MR) is 107 cm³/mol. The molecule has 6 nitrogen and oxygen atoms in total. The van der Waals surface area contributed by atoms with Gasteiger partial charge in [0.1, 0.15) is 0 Å². The molecule has 0 spiro atoms. The summed E-state index contributed by atoms with van der Waals surface area (Å²) < 4.78 is 4.70. The van der Waals surface area contributed by atoms with Crippen LogP contribution in [0, 0.1) is 0 Å². The maximum atomic E-state index is 12.1. The van der Waals surface area contributed by atoms with Crippen molar-refractivity contribution in [2.75, 3.05) is 32.3 Å². The van der Waals surface area contributed by atoms with Crippen LogP contribution in [0.1, 0.15) is 26.3 Å². The van der Waals surface area contributed by atoms with Crippen LogP contribution >= 0.6 is 11.8 Å². The minimum atomic E-state index is -0.379. The largest absolute Gasteiger partial charge is 0.465 e. The zero-order chi connectivity index (χ0) is 19.8. The summed E-state index contributed by atoms with van der Waals surface area (Å²) in [6.07, 6.45) is 0. The van der Waals surface area contributed by atoms with Crippen LogP contribution in [0.2, 0.25) is 0 Å². The number of thioether (sulfide) groups is 1. The first-order chi connectivity index (χ1) is 12.9. The van der Waals surface area contributed by atoms with Crippen molar-refractivity contribution in [2.45, 2.75) is 5.75 Å². The van der Waals surface area contributed by atoms with Crippen LogP contribution in [-0.2, 0) is 15.3 Å². The van der Waals surface area contributed by atoms with Gasteiger partial charge >= 0.3 is 5.97 Å². The molecule has 0 radical (unpaired) electrons. The summed E-state index contributed by atoms with van der Waals surface area (Å²) in [5.41, 5.74) is 2.65. The number of nitrogens with zero attached hydrogens (tertiary/aromatic N) is 1. The molecule has 1 N–H and O–H groups in total. The minimum Gasteiger partial charge on any atom is -0.465 e. The van der Waals surface area contributed by atoms with Crippen molar-refractivity contribution in [2.24, 2.45) is 0 Å². The third-order valence-corrected chi connectivity index (χ3v) is 4.68. The number of hydrogen-bond donors (Lipinski definition) is 1. The molecule has 2 rings (SSSR count). The molecule has 0 unspecified atom stereocenters. The number of hydrogen-bond acceptors (Lipinski definition) is 5. The van der Waals surface area contributed by atoms with Gasteiger partial charge in [-0.1, -0.05) is 12.1 Å². The fourth-order valence-corrected chi connectivity index (χ4v) is 3.09. The molecule has 0 fully saturated rings. The van der Waals surface area contributed by atoms with Gasteiger partial charge < -0.3 is 15.0 Å². The van der Waals surface area contributed by atoms with E-state index in [0.29, 0.717) is 22.6 Å². The number of anilines is 1. The number of methoxy groups -OCH3 is 1. The van der Waals surface area contributed by atoms with Crippen LogP contribution in [0.3, 0.4) is 0 Å². The summed E-state index contributed by atoms with van der Waals surface area (Å²) in [7, 11) is 4.73. The van der Waals surface area contributed by atoms with Crippen LogP contribution in [0.5, 0.6) is 0 Å². The van der Waals surface area contributed by atoms with E-state index in [1.807, 2.05) is 6.07 Å². The molecule has 142 valence electrons. The molecule has 2 amide bonds. The lowest BCUT2D eigenvalue weighted by Crippen LogP contribution is -2.21. The number of carbonyl (C=O) groups excluding carboxylic acids is 3. The summed E-state index contributed by atoms with van der Waals surface area (Å²) in [5, 5.41) is 2.80. The molecule has 7 heteroatoms. The van der Waals surface area contributed by atoms with Gasteiger partial charge in [0.25, 0.3) is 5.91 Å². The molecule has 2 aromatic rings. The molecule has 27 heavy (non-hydrogen) atoms. The number of benzene rings is 2. The monoisotopic (exact) mass is 386 g/mol. The van der Waals surface area contributed by atoms with E-state index in [0.717, 1.165) is 5.56 Å². The van der Waals surface area contributed by atoms with E-state index in [9.17, 15) is 14.4 Å². The van der Waals surface area contributed by atoms with Gasteiger partial charge in [-0.3, -0.25) is 9.59 Å². The first-order valence-corrected chi connectivity index (χ1v) is 9.42. The second-order valence-electron chi connectivity index (χ2n) is 6.01. The number of rotatable bonds is 7. The molecule has 0 aliphatic carbocycles. The van der Waals surface area contributed by atoms with Crippen molar-refractivity contribution in [3.63, 3.8) is 0 Å². The van der Waals surface area contributed by atoms with Gasteiger partial charge in [0.15, 0.2) is 0 Å². The van der Waals surface area contributed by atoms with Crippen LogP contribution in [0.4, 0.5) is 5.69 Å². The van der Waals surface area contributed by atoms with Crippen molar-refractivity contribution in [1.82, 2.24) is 4.90 Å². The number of ether oxygens (including phenoxy) is 1. The lowest BCUT2D eigenvalue weighted by molar-refractivity contribution is -0.113. The quantitative estimate of drug-likeness (QED) is 0.740. The van der Waals surface area contributed by atoms with E-state index in [1.165, 1.54) is 23.8 Å². The Labute approximate surface area is 162 Å². The van der Waals surface area contributed by atoms with Crippen molar-refractivity contribution in [3.05, 3.63) is 65.2 Å². The average molecular weight is 386 g/mol. The summed E-state index contributed by atoms with van der Waals surface area (Å²) in [4.78, 5) is 37.0. The zero-order valence-corrected chi connectivity index (χ0v) is 16.3. The normalized spacial score (nSPS) is 10.2. The number of carbonyl (C=O) groups is 3. The fraction of sp³-hybridized carbons (Fsp3) is 0.250. The van der Waals surface area contributed by atoms with Crippen molar-refractivity contribution < 1.29 is 19.1 Å². The van der Waals surface area contributed by atoms with Gasteiger partial charge in [-0.25, -0.2) is 4.79 Å². The molecule has 2 aromatic carbocycles. The van der Waals surface area contributed by atoms with Gasteiger partial charge in [-0.05, 0) is 42.0 Å². The molecule has 0 saturated carbocycles. The Kier molecular flexibility index (Phi) is 7.43. The second kappa shape index (κ2) is 9.78. The number of nitrogens with one attached hydrogen (secondary N) is 1. The molecule has 0 aromatic heterocycles. The standard InChI is InChI=1S/C20H22N2O4S/c1-22(2)19(24)15-7-9-17(10-8-15)21-18(23)13-27-12-14-5-4-6-16(11-14)20(25)26-3/h4-11H,12-13H2,1-3H3,(H,21,23). The van der Waals surface area contributed by atoms with E-state index in [1.54, 1.807) is 56.6 Å². The van der Waals surface area contributed by atoms with Gasteiger partial charge in [-0.15, -0.1) is 11.8 Å². The Bertz CT molecular complexity index is 819. The van der Waals surface area contributed by atoms with Crippen LogP contribution in [0.15, 0.2) is 48.5 Å². The molecule has 0 bridgehead atoms. The summed E-state index contributed by atoms with van der Waals surface area (Å²) >= 11 is 1.45. The minimum absolute atomic E-state index is 0.0855. The number of amides is 2.